The van der Waals surface area contributed by atoms with Gasteiger partial charge in [-0.3, -0.25) is 0 Å². The summed E-state index contributed by atoms with van der Waals surface area (Å²) < 4.78 is 0. The van der Waals surface area contributed by atoms with Crippen LogP contribution in [0, 0.1) is 18.3 Å². The largest absolute Gasteiger partial charge is 0.479 e. The summed E-state index contributed by atoms with van der Waals surface area (Å²) in [6, 6.07) is 7.26. The first kappa shape index (κ1) is 12.2. The zero-order valence-electron chi connectivity index (χ0n) is 8.97. The molecular weight excluding hydrogens is 206 g/mol. The fourth-order valence-corrected chi connectivity index (χ4v) is 1.47. The van der Waals surface area contributed by atoms with Gasteiger partial charge in [-0.1, -0.05) is 18.2 Å². The Kier molecular flexibility index (Phi) is 4.03. The molecule has 0 aliphatic heterocycles. The van der Waals surface area contributed by atoms with Crippen molar-refractivity contribution < 1.29 is 15.0 Å². The Morgan fingerprint density at radius 2 is 2.25 bits per heavy atom. The predicted molar refractivity (Wildman–Crippen MR) is 57.7 cm³/mol. The molecule has 0 saturated carbocycles. The van der Waals surface area contributed by atoms with E-state index in [-0.39, 0.29) is 0 Å². The minimum Gasteiger partial charge on any atom is -0.479 e. The average molecular weight is 219 g/mol. The standard InChI is InChI=1S/C12H13NO3/c1-8-4-5-9(3-2-6-13)7-10(8)11(14)12(15)16/h4-5,7,11,14H,2-3H2,1H3,(H,15,16). The zero-order valence-corrected chi connectivity index (χ0v) is 8.97. The van der Waals surface area contributed by atoms with Crippen LogP contribution < -0.4 is 0 Å². The number of nitriles is 1. The molecule has 0 amide bonds. The number of aliphatic hydroxyl groups excluding tert-OH is 1. The van der Waals surface area contributed by atoms with Crippen molar-refractivity contribution >= 4 is 5.97 Å². The monoisotopic (exact) mass is 219 g/mol. The zero-order chi connectivity index (χ0) is 12.1. The van der Waals surface area contributed by atoms with Gasteiger partial charge >= 0.3 is 5.97 Å². The van der Waals surface area contributed by atoms with E-state index in [4.69, 9.17) is 10.4 Å². The summed E-state index contributed by atoms with van der Waals surface area (Å²) in [7, 11) is 0. The highest BCUT2D eigenvalue weighted by atomic mass is 16.4. The second-order valence-electron chi connectivity index (χ2n) is 3.59. The number of benzene rings is 1. The van der Waals surface area contributed by atoms with Gasteiger partial charge in [0.1, 0.15) is 0 Å². The molecule has 1 aromatic carbocycles. The van der Waals surface area contributed by atoms with Gasteiger partial charge in [-0.25, -0.2) is 4.79 Å². The third kappa shape index (κ3) is 2.81. The molecule has 4 heteroatoms. The number of nitrogens with zero attached hydrogens (tertiary/aromatic N) is 1. The van der Waals surface area contributed by atoms with Gasteiger partial charge in [0.25, 0.3) is 0 Å². The number of aryl methyl sites for hydroxylation is 2. The van der Waals surface area contributed by atoms with Gasteiger partial charge in [0, 0.05) is 6.42 Å². The maximum absolute atomic E-state index is 10.7. The molecule has 1 rings (SSSR count). The highest BCUT2D eigenvalue weighted by Crippen LogP contribution is 2.20. The summed E-state index contributed by atoms with van der Waals surface area (Å²) in [5.41, 5.74) is 1.99. The molecule has 0 aliphatic carbocycles. The van der Waals surface area contributed by atoms with Crippen molar-refractivity contribution in [3.8, 4) is 6.07 Å². The molecular formula is C12H13NO3. The summed E-state index contributed by atoms with van der Waals surface area (Å²) >= 11 is 0. The van der Waals surface area contributed by atoms with E-state index in [1.54, 1.807) is 19.1 Å². The van der Waals surface area contributed by atoms with Crippen LogP contribution in [0.4, 0.5) is 0 Å². The Bertz CT molecular complexity index is 434. The molecule has 1 unspecified atom stereocenters. The Morgan fingerprint density at radius 3 is 2.81 bits per heavy atom. The van der Waals surface area contributed by atoms with Crippen LogP contribution in [0.1, 0.15) is 29.2 Å². The quantitative estimate of drug-likeness (QED) is 0.805. The Morgan fingerprint density at radius 1 is 1.56 bits per heavy atom. The fourth-order valence-electron chi connectivity index (χ4n) is 1.47. The van der Waals surface area contributed by atoms with Gasteiger partial charge in [-0.05, 0) is 30.0 Å². The van der Waals surface area contributed by atoms with Gasteiger partial charge in [0.15, 0.2) is 6.10 Å². The molecule has 0 aliphatic rings. The summed E-state index contributed by atoms with van der Waals surface area (Å²) in [5.74, 6) is -1.26. The molecule has 0 aromatic heterocycles. The maximum atomic E-state index is 10.7. The van der Waals surface area contributed by atoms with Crippen LogP contribution in [0.3, 0.4) is 0 Å². The maximum Gasteiger partial charge on any atom is 0.337 e. The Labute approximate surface area is 93.8 Å². The molecule has 1 atom stereocenters. The van der Waals surface area contributed by atoms with Gasteiger partial charge in [-0.2, -0.15) is 5.26 Å². The molecule has 0 radical (unpaired) electrons. The highest BCUT2D eigenvalue weighted by Gasteiger charge is 2.18. The fraction of sp³-hybridized carbons (Fsp3) is 0.333. The van der Waals surface area contributed by atoms with Crippen molar-refractivity contribution in [3.05, 3.63) is 34.9 Å². The lowest BCUT2D eigenvalue weighted by Crippen LogP contribution is -2.12. The van der Waals surface area contributed by atoms with Crippen molar-refractivity contribution in [2.45, 2.75) is 25.9 Å². The van der Waals surface area contributed by atoms with Crippen LogP contribution in [-0.4, -0.2) is 16.2 Å². The first-order valence-electron chi connectivity index (χ1n) is 4.93. The molecule has 0 spiro atoms. The van der Waals surface area contributed by atoms with Crippen molar-refractivity contribution in [1.82, 2.24) is 0 Å². The van der Waals surface area contributed by atoms with Gasteiger partial charge < -0.3 is 10.2 Å². The smallest absolute Gasteiger partial charge is 0.337 e. The summed E-state index contributed by atoms with van der Waals surface area (Å²) in [6.07, 6.45) is -0.552. The first-order chi connectivity index (χ1) is 7.56. The van der Waals surface area contributed by atoms with Crippen LogP contribution in [0.25, 0.3) is 0 Å². The SMILES string of the molecule is Cc1ccc(CCC#N)cc1C(O)C(=O)O. The first-order valence-corrected chi connectivity index (χ1v) is 4.93. The number of rotatable bonds is 4. The van der Waals surface area contributed by atoms with E-state index < -0.39 is 12.1 Å². The number of aliphatic hydroxyl groups is 1. The number of carbonyl (C=O) groups is 1. The second-order valence-corrected chi connectivity index (χ2v) is 3.59. The number of hydrogen-bond donors (Lipinski definition) is 2. The van der Waals surface area contributed by atoms with Crippen LogP contribution in [-0.2, 0) is 11.2 Å². The number of aliphatic carboxylic acids is 1. The summed E-state index contributed by atoms with van der Waals surface area (Å²) in [6.45, 7) is 1.75. The van der Waals surface area contributed by atoms with E-state index in [0.717, 1.165) is 11.1 Å². The third-order valence-electron chi connectivity index (χ3n) is 2.40. The highest BCUT2D eigenvalue weighted by molar-refractivity contribution is 5.74. The minimum atomic E-state index is -1.50. The van der Waals surface area contributed by atoms with Gasteiger partial charge in [0.2, 0.25) is 0 Å². The predicted octanol–water partition coefficient (Wildman–Crippen LogP) is 1.57. The second kappa shape index (κ2) is 5.29. The molecule has 84 valence electrons. The van der Waals surface area contributed by atoms with E-state index in [2.05, 4.69) is 0 Å². The number of carboxylic acids is 1. The summed E-state index contributed by atoms with van der Waals surface area (Å²) in [4.78, 5) is 10.7. The van der Waals surface area contributed by atoms with E-state index >= 15 is 0 Å². The molecule has 2 N–H and O–H groups in total. The number of hydrogen-bond acceptors (Lipinski definition) is 3. The molecule has 4 nitrogen and oxygen atoms in total. The Balaban J connectivity index is 2.99. The minimum absolute atomic E-state index is 0.381. The van der Waals surface area contributed by atoms with Crippen LogP contribution in [0.5, 0.6) is 0 Å². The van der Waals surface area contributed by atoms with Crippen molar-refractivity contribution in [2.24, 2.45) is 0 Å². The molecule has 0 bridgehead atoms. The van der Waals surface area contributed by atoms with Crippen molar-refractivity contribution in [3.63, 3.8) is 0 Å². The van der Waals surface area contributed by atoms with E-state index in [9.17, 15) is 9.90 Å². The molecule has 0 heterocycles. The topological polar surface area (TPSA) is 81.3 Å². The average Bonchev–Trinajstić information content (AvgIpc) is 2.27. The van der Waals surface area contributed by atoms with Gasteiger partial charge in [0.05, 0.1) is 6.07 Å². The van der Waals surface area contributed by atoms with E-state index in [0.29, 0.717) is 18.4 Å². The lowest BCUT2D eigenvalue weighted by atomic mass is 9.98. The van der Waals surface area contributed by atoms with Crippen LogP contribution in [0.2, 0.25) is 0 Å². The van der Waals surface area contributed by atoms with E-state index in [1.165, 1.54) is 0 Å². The van der Waals surface area contributed by atoms with Crippen LogP contribution in [0.15, 0.2) is 18.2 Å². The molecule has 0 saturated heterocycles. The normalized spacial score (nSPS) is 11.8. The van der Waals surface area contributed by atoms with Crippen LogP contribution >= 0.6 is 0 Å². The third-order valence-corrected chi connectivity index (χ3v) is 2.40. The lowest BCUT2D eigenvalue weighted by molar-refractivity contribution is -0.147. The van der Waals surface area contributed by atoms with Crippen molar-refractivity contribution in [1.29, 1.82) is 5.26 Å². The molecule has 0 fully saturated rings. The van der Waals surface area contributed by atoms with Gasteiger partial charge in [-0.15, -0.1) is 0 Å². The lowest BCUT2D eigenvalue weighted by Gasteiger charge is -2.11. The summed E-state index contributed by atoms with van der Waals surface area (Å²) in [5, 5.41) is 26.6. The number of carboxylic acid groups (broad SMARTS) is 1. The van der Waals surface area contributed by atoms with E-state index in [1.807, 2.05) is 12.1 Å². The Hall–Kier alpha value is -1.86. The molecule has 1 aromatic rings. The van der Waals surface area contributed by atoms with Crippen molar-refractivity contribution in [2.75, 3.05) is 0 Å². The molecule has 16 heavy (non-hydrogen) atoms.